The fourth-order valence-electron chi connectivity index (χ4n) is 2.30. The number of hydrogen-bond donors (Lipinski definition) is 1. The highest BCUT2D eigenvalue weighted by Crippen LogP contribution is 2.23. The fourth-order valence-corrected chi connectivity index (χ4v) is 2.30. The molecule has 0 amide bonds. The number of rotatable bonds is 3. The lowest BCUT2D eigenvalue weighted by molar-refractivity contribution is 0.329. The first-order valence-electron chi connectivity index (χ1n) is 5.87. The van der Waals surface area contributed by atoms with E-state index in [0.717, 1.165) is 5.92 Å². The Morgan fingerprint density at radius 2 is 2.07 bits per heavy atom. The van der Waals surface area contributed by atoms with E-state index in [-0.39, 0.29) is 0 Å². The van der Waals surface area contributed by atoms with Crippen LogP contribution in [0.5, 0.6) is 0 Å². The van der Waals surface area contributed by atoms with Crippen LogP contribution in [-0.2, 0) is 0 Å². The molecule has 0 aromatic rings. The highest BCUT2D eigenvalue weighted by atomic mass is 14.9. The van der Waals surface area contributed by atoms with Crippen LogP contribution in [0.15, 0.2) is 0 Å². The minimum Gasteiger partial charge on any atom is -0.310 e. The van der Waals surface area contributed by atoms with Gasteiger partial charge in [0.2, 0.25) is 0 Å². The molecule has 14 heavy (non-hydrogen) atoms. The van der Waals surface area contributed by atoms with E-state index >= 15 is 0 Å². The zero-order valence-corrected chi connectivity index (χ0v) is 9.42. The van der Waals surface area contributed by atoms with Crippen molar-refractivity contribution in [3.05, 3.63) is 0 Å². The SMILES string of the molecule is CC(CC#N)NC1CCCCCC1C. The van der Waals surface area contributed by atoms with Gasteiger partial charge in [-0.3, -0.25) is 0 Å². The smallest absolute Gasteiger partial charge is 0.0638 e. The fraction of sp³-hybridized carbons (Fsp3) is 0.917. The molecule has 1 fully saturated rings. The molecule has 2 heteroatoms. The van der Waals surface area contributed by atoms with Gasteiger partial charge in [0, 0.05) is 12.1 Å². The van der Waals surface area contributed by atoms with Gasteiger partial charge in [0.05, 0.1) is 12.5 Å². The monoisotopic (exact) mass is 194 g/mol. The van der Waals surface area contributed by atoms with Crippen LogP contribution in [0.3, 0.4) is 0 Å². The van der Waals surface area contributed by atoms with Crippen molar-refractivity contribution in [3.8, 4) is 6.07 Å². The lowest BCUT2D eigenvalue weighted by atomic mass is 9.96. The molecule has 0 saturated heterocycles. The van der Waals surface area contributed by atoms with Crippen LogP contribution < -0.4 is 5.32 Å². The molecule has 1 rings (SSSR count). The van der Waals surface area contributed by atoms with Crippen LogP contribution >= 0.6 is 0 Å². The van der Waals surface area contributed by atoms with Crippen LogP contribution in [-0.4, -0.2) is 12.1 Å². The van der Waals surface area contributed by atoms with Gasteiger partial charge in [-0.25, -0.2) is 0 Å². The average Bonchev–Trinajstić information content (AvgIpc) is 2.33. The molecular weight excluding hydrogens is 172 g/mol. The maximum atomic E-state index is 8.60. The number of nitrogens with zero attached hydrogens (tertiary/aromatic N) is 1. The molecule has 0 radical (unpaired) electrons. The Morgan fingerprint density at radius 3 is 2.79 bits per heavy atom. The molecule has 0 aromatic heterocycles. The van der Waals surface area contributed by atoms with Gasteiger partial charge in [0.1, 0.15) is 0 Å². The maximum Gasteiger partial charge on any atom is 0.0638 e. The minimum atomic E-state index is 0.352. The van der Waals surface area contributed by atoms with E-state index in [0.29, 0.717) is 18.5 Å². The molecule has 0 aliphatic heterocycles. The third-order valence-electron chi connectivity index (χ3n) is 3.26. The quantitative estimate of drug-likeness (QED) is 0.701. The summed E-state index contributed by atoms with van der Waals surface area (Å²) in [6.45, 7) is 4.45. The summed E-state index contributed by atoms with van der Waals surface area (Å²) < 4.78 is 0. The Balaban J connectivity index is 2.36. The van der Waals surface area contributed by atoms with Gasteiger partial charge < -0.3 is 5.32 Å². The third-order valence-corrected chi connectivity index (χ3v) is 3.26. The summed E-state index contributed by atoms with van der Waals surface area (Å²) in [6.07, 6.45) is 7.37. The second kappa shape index (κ2) is 6.03. The lowest BCUT2D eigenvalue weighted by Gasteiger charge is -2.25. The summed E-state index contributed by atoms with van der Waals surface area (Å²) in [5.74, 6) is 0.777. The Kier molecular flexibility index (Phi) is 4.97. The van der Waals surface area contributed by atoms with E-state index in [1.165, 1.54) is 32.1 Å². The van der Waals surface area contributed by atoms with Crippen molar-refractivity contribution in [2.75, 3.05) is 0 Å². The van der Waals surface area contributed by atoms with E-state index < -0.39 is 0 Å². The Bertz CT molecular complexity index is 195. The van der Waals surface area contributed by atoms with Gasteiger partial charge in [-0.2, -0.15) is 5.26 Å². The molecular formula is C12H22N2. The highest BCUT2D eigenvalue weighted by molar-refractivity contribution is 4.83. The molecule has 0 aromatic carbocycles. The van der Waals surface area contributed by atoms with Crippen molar-refractivity contribution >= 4 is 0 Å². The van der Waals surface area contributed by atoms with E-state index in [1.807, 2.05) is 0 Å². The van der Waals surface area contributed by atoms with Gasteiger partial charge in [-0.05, 0) is 25.7 Å². The second-order valence-electron chi connectivity index (χ2n) is 4.65. The first kappa shape index (κ1) is 11.5. The molecule has 1 aliphatic carbocycles. The van der Waals surface area contributed by atoms with Crippen LogP contribution in [0, 0.1) is 17.2 Å². The van der Waals surface area contributed by atoms with Crippen molar-refractivity contribution in [2.24, 2.45) is 5.92 Å². The first-order chi connectivity index (χ1) is 6.74. The van der Waals surface area contributed by atoms with E-state index in [1.54, 1.807) is 0 Å². The number of nitriles is 1. The van der Waals surface area contributed by atoms with Gasteiger partial charge in [0.25, 0.3) is 0 Å². The zero-order valence-electron chi connectivity index (χ0n) is 9.42. The standard InChI is InChI=1S/C12H22N2/c1-10-6-4-3-5-7-12(10)14-11(2)8-9-13/h10-12,14H,3-8H2,1-2H3. The number of hydrogen-bond acceptors (Lipinski definition) is 2. The molecule has 1 N–H and O–H groups in total. The summed E-state index contributed by atoms with van der Waals surface area (Å²) in [5.41, 5.74) is 0. The average molecular weight is 194 g/mol. The summed E-state index contributed by atoms with van der Waals surface area (Å²) in [7, 11) is 0. The lowest BCUT2D eigenvalue weighted by Crippen LogP contribution is -2.40. The topological polar surface area (TPSA) is 35.8 Å². The van der Waals surface area contributed by atoms with Gasteiger partial charge >= 0.3 is 0 Å². The van der Waals surface area contributed by atoms with Crippen molar-refractivity contribution in [1.82, 2.24) is 5.32 Å². The largest absolute Gasteiger partial charge is 0.310 e. The predicted octanol–water partition coefficient (Wildman–Crippen LogP) is 2.85. The van der Waals surface area contributed by atoms with Crippen LogP contribution in [0.1, 0.15) is 52.4 Å². The van der Waals surface area contributed by atoms with Crippen molar-refractivity contribution in [1.29, 1.82) is 5.26 Å². The van der Waals surface area contributed by atoms with Crippen molar-refractivity contribution < 1.29 is 0 Å². The van der Waals surface area contributed by atoms with Crippen molar-refractivity contribution in [3.63, 3.8) is 0 Å². The van der Waals surface area contributed by atoms with E-state index in [2.05, 4.69) is 25.2 Å². The molecule has 3 unspecified atom stereocenters. The molecule has 0 heterocycles. The summed E-state index contributed by atoms with van der Waals surface area (Å²) in [6, 6.07) is 3.22. The molecule has 1 aliphatic rings. The minimum absolute atomic E-state index is 0.352. The zero-order chi connectivity index (χ0) is 10.4. The first-order valence-corrected chi connectivity index (χ1v) is 5.87. The van der Waals surface area contributed by atoms with Gasteiger partial charge in [0.15, 0.2) is 0 Å². The van der Waals surface area contributed by atoms with E-state index in [9.17, 15) is 0 Å². The molecule has 0 bridgehead atoms. The van der Waals surface area contributed by atoms with E-state index in [4.69, 9.17) is 5.26 Å². The molecule has 1 saturated carbocycles. The Hall–Kier alpha value is -0.550. The maximum absolute atomic E-state index is 8.60. The predicted molar refractivity (Wildman–Crippen MR) is 58.9 cm³/mol. The number of nitrogens with one attached hydrogen (secondary N) is 1. The highest BCUT2D eigenvalue weighted by Gasteiger charge is 2.20. The molecule has 0 spiro atoms. The molecule has 3 atom stereocenters. The van der Waals surface area contributed by atoms with Crippen LogP contribution in [0.2, 0.25) is 0 Å². The van der Waals surface area contributed by atoms with Crippen LogP contribution in [0.4, 0.5) is 0 Å². The summed E-state index contributed by atoms with van der Waals surface area (Å²) in [5, 5.41) is 12.2. The molecule has 2 nitrogen and oxygen atoms in total. The normalized spacial score (nSPS) is 30.4. The van der Waals surface area contributed by atoms with Crippen LogP contribution in [0.25, 0.3) is 0 Å². The summed E-state index contributed by atoms with van der Waals surface area (Å²) in [4.78, 5) is 0. The summed E-state index contributed by atoms with van der Waals surface area (Å²) >= 11 is 0. The third kappa shape index (κ3) is 3.67. The van der Waals surface area contributed by atoms with Gasteiger partial charge in [-0.15, -0.1) is 0 Å². The molecule has 80 valence electrons. The Labute approximate surface area is 87.7 Å². The Morgan fingerprint density at radius 1 is 1.36 bits per heavy atom. The second-order valence-corrected chi connectivity index (χ2v) is 4.65. The van der Waals surface area contributed by atoms with Crippen molar-refractivity contribution in [2.45, 2.75) is 64.5 Å². The van der Waals surface area contributed by atoms with Gasteiger partial charge in [-0.1, -0.05) is 26.2 Å².